The van der Waals surface area contributed by atoms with Crippen LogP contribution in [0.3, 0.4) is 0 Å². The molecule has 0 unspecified atom stereocenters. The molecule has 1 heterocycles. The van der Waals surface area contributed by atoms with E-state index in [2.05, 4.69) is 15.5 Å². The lowest BCUT2D eigenvalue weighted by Crippen LogP contribution is -2.14. The summed E-state index contributed by atoms with van der Waals surface area (Å²) in [6.45, 7) is 3.76. The molecule has 4 rings (SSSR count). The highest BCUT2D eigenvalue weighted by Gasteiger charge is 2.13. The molecule has 0 saturated carbocycles. The molecular weight excluding hydrogens is 392 g/mol. The number of nitrogens with zero attached hydrogens (tertiary/aromatic N) is 2. The van der Waals surface area contributed by atoms with Gasteiger partial charge in [-0.2, -0.15) is 0 Å². The normalized spacial score (nSPS) is 10.6. The fraction of sp³-hybridized carbons (Fsp3) is 0.0833. The summed E-state index contributed by atoms with van der Waals surface area (Å²) in [5.74, 6) is 0.0396. The number of rotatable bonds is 5. The van der Waals surface area contributed by atoms with Crippen LogP contribution in [-0.2, 0) is 0 Å². The standard InChI is InChI=1S/C24H20N4O3/c1-14-4-3-5-18(12-14)24-28-27-23(31-24)17-8-6-16(7-9-17)22(30)26-19-10-11-20(21(25)29)15(2)13-19/h3-13H,1-2H3,(H2,25,29)(H,26,30). The van der Waals surface area contributed by atoms with Gasteiger partial charge < -0.3 is 15.5 Å². The maximum absolute atomic E-state index is 12.6. The molecule has 4 aromatic rings. The Bertz CT molecular complexity index is 1280. The highest BCUT2D eigenvalue weighted by Crippen LogP contribution is 2.25. The van der Waals surface area contributed by atoms with Crippen molar-refractivity contribution in [3.05, 3.63) is 89.0 Å². The summed E-state index contributed by atoms with van der Waals surface area (Å²) in [5, 5.41) is 11.0. The highest BCUT2D eigenvalue weighted by molar-refractivity contribution is 6.05. The van der Waals surface area contributed by atoms with E-state index >= 15 is 0 Å². The van der Waals surface area contributed by atoms with Crippen LogP contribution in [-0.4, -0.2) is 22.0 Å². The summed E-state index contributed by atoms with van der Waals surface area (Å²) in [6.07, 6.45) is 0. The van der Waals surface area contributed by atoms with E-state index in [0.717, 1.165) is 11.1 Å². The summed E-state index contributed by atoms with van der Waals surface area (Å²) in [7, 11) is 0. The molecule has 1 aromatic heterocycles. The second kappa shape index (κ2) is 8.23. The SMILES string of the molecule is Cc1cccc(-c2nnc(-c3ccc(C(=O)Nc4ccc(C(N)=O)c(C)c4)cc3)o2)c1. The zero-order valence-electron chi connectivity index (χ0n) is 17.0. The number of amides is 2. The van der Waals surface area contributed by atoms with Crippen molar-refractivity contribution >= 4 is 17.5 Å². The lowest BCUT2D eigenvalue weighted by atomic mass is 10.1. The van der Waals surface area contributed by atoms with Gasteiger partial charge in [0, 0.05) is 27.9 Å². The molecule has 0 spiro atoms. The van der Waals surface area contributed by atoms with Crippen molar-refractivity contribution in [2.75, 3.05) is 5.32 Å². The maximum atomic E-state index is 12.6. The van der Waals surface area contributed by atoms with Gasteiger partial charge >= 0.3 is 0 Å². The highest BCUT2D eigenvalue weighted by atomic mass is 16.4. The first-order chi connectivity index (χ1) is 14.9. The Kier molecular flexibility index (Phi) is 5.32. The van der Waals surface area contributed by atoms with Crippen molar-refractivity contribution in [3.8, 4) is 22.9 Å². The molecule has 0 aliphatic carbocycles. The third-order valence-corrected chi connectivity index (χ3v) is 4.83. The molecule has 31 heavy (non-hydrogen) atoms. The molecule has 7 nitrogen and oxygen atoms in total. The van der Waals surface area contributed by atoms with E-state index in [1.54, 1.807) is 49.4 Å². The Morgan fingerprint density at radius 3 is 2.23 bits per heavy atom. The maximum Gasteiger partial charge on any atom is 0.255 e. The summed E-state index contributed by atoms with van der Waals surface area (Å²) in [6, 6.07) is 19.6. The van der Waals surface area contributed by atoms with Crippen molar-refractivity contribution < 1.29 is 14.0 Å². The van der Waals surface area contributed by atoms with Crippen LogP contribution in [0.5, 0.6) is 0 Å². The van der Waals surface area contributed by atoms with Gasteiger partial charge in [0.1, 0.15) is 0 Å². The predicted octanol–water partition coefficient (Wildman–Crippen LogP) is 4.37. The van der Waals surface area contributed by atoms with Gasteiger partial charge in [-0.25, -0.2) is 0 Å². The van der Waals surface area contributed by atoms with Crippen LogP contribution in [0.4, 0.5) is 5.69 Å². The van der Waals surface area contributed by atoms with E-state index < -0.39 is 5.91 Å². The van der Waals surface area contributed by atoms with Gasteiger partial charge in [0.05, 0.1) is 0 Å². The van der Waals surface area contributed by atoms with Crippen LogP contribution in [0.25, 0.3) is 22.9 Å². The zero-order chi connectivity index (χ0) is 22.0. The van der Waals surface area contributed by atoms with E-state index in [1.807, 2.05) is 31.2 Å². The van der Waals surface area contributed by atoms with Gasteiger partial charge in [0.2, 0.25) is 17.7 Å². The molecule has 2 amide bonds. The Hall–Kier alpha value is -4.26. The summed E-state index contributed by atoms with van der Waals surface area (Å²) in [4.78, 5) is 23.9. The zero-order valence-corrected chi connectivity index (χ0v) is 17.0. The van der Waals surface area contributed by atoms with Gasteiger partial charge in [-0.05, 0) is 74.0 Å². The van der Waals surface area contributed by atoms with Crippen LogP contribution >= 0.6 is 0 Å². The monoisotopic (exact) mass is 412 g/mol. The second-order valence-electron chi connectivity index (χ2n) is 7.21. The smallest absolute Gasteiger partial charge is 0.255 e. The molecule has 7 heteroatoms. The van der Waals surface area contributed by atoms with Crippen molar-refractivity contribution in [1.82, 2.24) is 10.2 Å². The fourth-order valence-electron chi connectivity index (χ4n) is 3.22. The van der Waals surface area contributed by atoms with Crippen LogP contribution in [0.2, 0.25) is 0 Å². The van der Waals surface area contributed by atoms with E-state index in [9.17, 15) is 9.59 Å². The van der Waals surface area contributed by atoms with Gasteiger partial charge in [0.15, 0.2) is 0 Å². The quantitative estimate of drug-likeness (QED) is 0.506. The Balaban J connectivity index is 1.49. The summed E-state index contributed by atoms with van der Waals surface area (Å²) in [5.41, 5.74) is 10.2. The predicted molar refractivity (Wildman–Crippen MR) is 118 cm³/mol. The van der Waals surface area contributed by atoms with Crippen molar-refractivity contribution in [1.29, 1.82) is 0 Å². The van der Waals surface area contributed by atoms with Crippen molar-refractivity contribution in [3.63, 3.8) is 0 Å². The molecular formula is C24H20N4O3. The van der Waals surface area contributed by atoms with Crippen LogP contribution < -0.4 is 11.1 Å². The van der Waals surface area contributed by atoms with E-state index in [-0.39, 0.29) is 5.91 Å². The van der Waals surface area contributed by atoms with Gasteiger partial charge in [-0.1, -0.05) is 17.7 Å². The van der Waals surface area contributed by atoms with Gasteiger partial charge in [-0.3, -0.25) is 9.59 Å². The van der Waals surface area contributed by atoms with Gasteiger partial charge in [-0.15, -0.1) is 10.2 Å². The molecule has 0 aliphatic rings. The minimum absolute atomic E-state index is 0.274. The Morgan fingerprint density at radius 2 is 1.58 bits per heavy atom. The second-order valence-corrected chi connectivity index (χ2v) is 7.21. The average Bonchev–Trinajstić information content (AvgIpc) is 3.24. The molecule has 0 bridgehead atoms. The number of primary amides is 1. The lowest BCUT2D eigenvalue weighted by molar-refractivity contribution is 0.0997. The largest absolute Gasteiger partial charge is 0.416 e. The van der Waals surface area contributed by atoms with Crippen molar-refractivity contribution in [2.24, 2.45) is 5.73 Å². The minimum Gasteiger partial charge on any atom is -0.416 e. The van der Waals surface area contributed by atoms with E-state index in [4.69, 9.17) is 10.2 Å². The third-order valence-electron chi connectivity index (χ3n) is 4.83. The van der Waals surface area contributed by atoms with Crippen LogP contribution in [0.15, 0.2) is 71.1 Å². The molecule has 0 fully saturated rings. The molecule has 154 valence electrons. The summed E-state index contributed by atoms with van der Waals surface area (Å²) >= 11 is 0. The fourth-order valence-corrected chi connectivity index (χ4v) is 3.22. The molecule has 0 atom stereocenters. The average molecular weight is 412 g/mol. The Labute approximate surface area is 178 Å². The number of benzene rings is 3. The molecule has 3 N–H and O–H groups in total. The number of carbonyl (C=O) groups excluding carboxylic acids is 2. The number of carbonyl (C=O) groups is 2. The number of nitrogens with two attached hydrogens (primary N) is 1. The van der Waals surface area contributed by atoms with Crippen LogP contribution in [0, 0.1) is 13.8 Å². The molecule has 3 aromatic carbocycles. The number of aryl methyl sites for hydroxylation is 2. The number of hydrogen-bond donors (Lipinski definition) is 2. The molecule has 0 saturated heterocycles. The van der Waals surface area contributed by atoms with E-state index in [1.165, 1.54) is 0 Å². The topological polar surface area (TPSA) is 111 Å². The van der Waals surface area contributed by atoms with Crippen molar-refractivity contribution in [2.45, 2.75) is 13.8 Å². The number of anilines is 1. The summed E-state index contributed by atoms with van der Waals surface area (Å²) < 4.78 is 5.79. The molecule has 0 radical (unpaired) electrons. The first kappa shape index (κ1) is 20.0. The lowest BCUT2D eigenvalue weighted by Gasteiger charge is -2.08. The van der Waals surface area contributed by atoms with Crippen LogP contribution in [0.1, 0.15) is 31.8 Å². The first-order valence-electron chi connectivity index (χ1n) is 9.63. The van der Waals surface area contributed by atoms with Gasteiger partial charge in [0.25, 0.3) is 5.91 Å². The molecule has 0 aliphatic heterocycles. The third kappa shape index (κ3) is 4.35. The first-order valence-corrected chi connectivity index (χ1v) is 9.63. The number of hydrogen-bond acceptors (Lipinski definition) is 5. The number of nitrogens with one attached hydrogen (secondary N) is 1. The Morgan fingerprint density at radius 1 is 0.871 bits per heavy atom. The minimum atomic E-state index is -0.502. The number of aromatic nitrogens is 2. The van der Waals surface area contributed by atoms with E-state index in [0.29, 0.717) is 39.7 Å².